The van der Waals surface area contributed by atoms with E-state index >= 15 is 0 Å². The van der Waals surface area contributed by atoms with Gasteiger partial charge < -0.3 is 11.5 Å². The average Bonchev–Trinajstić information content (AvgIpc) is 2.17. The maximum Gasteiger partial charge on any atom is 0.343 e. The summed E-state index contributed by atoms with van der Waals surface area (Å²) in [4.78, 5) is 0. The summed E-state index contributed by atoms with van der Waals surface area (Å²) in [5.74, 6) is 0. The van der Waals surface area contributed by atoms with Crippen molar-refractivity contribution in [1.82, 2.24) is 0 Å². The van der Waals surface area contributed by atoms with E-state index in [0.29, 0.717) is 6.67 Å². The van der Waals surface area contributed by atoms with Crippen LogP contribution in [0.2, 0.25) is 0 Å². The molecule has 15 heavy (non-hydrogen) atoms. The Labute approximate surface area is 88.4 Å². The van der Waals surface area contributed by atoms with Crippen molar-refractivity contribution < 1.29 is 9.13 Å². The van der Waals surface area contributed by atoms with Crippen LogP contribution in [0.1, 0.15) is 0 Å². The first kappa shape index (κ1) is 9.45. The molecule has 4 nitrogen and oxygen atoms in total. The second-order valence-corrected chi connectivity index (χ2v) is 3.44. The van der Waals surface area contributed by atoms with Crippen molar-refractivity contribution in [1.29, 1.82) is 0 Å². The Hall–Kier alpha value is -2.10. The summed E-state index contributed by atoms with van der Waals surface area (Å²) in [5, 5.41) is 0. The molecule has 0 saturated carbocycles. The molecule has 0 radical (unpaired) electrons. The third kappa shape index (κ3) is 2.43. The standard InChI is InChI=1S/C11H14N4/c12-10-3-1-5-14(7-10)9-15-6-2-4-11(13)8-15/h1-8H,9,12-13H2/q+2. The number of nitrogen functional groups attached to an aromatic ring is 2. The number of hydrogen-bond acceptors (Lipinski definition) is 2. The van der Waals surface area contributed by atoms with Gasteiger partial charge in [0.15, 0.2) is 24.8 Å². The van der Waals surface area contributed by atoms with Gasteiger partial charge in [0.25, 0.3) is 0 Å². The minimum atomic E-state index is 0.704. The summed E-state index contributed by atoms with van der Waals surface area (Å²) < 4.78 is 3.99. The van der Waals surface area contributed by atoms with E-state index in [9.17, 15) is 0 Å². The highest BCUT2D eigenvalue weighted by Gasteiger charge is 2.07. The lowest BCUT2D eigenvalue weighted by molar-refractivity contribution is -0.912. The van der Waals surface area contributed by atoms with Crippen LogP contribution in [0.3, 0.4) is 0 Å². The molecule has 0 aromatic carbocycles. The molecule has 0 aliphatic heterocycles. The number of nitrogens with two attached hydrogens (primary N) is 2. The molecule has 2 aromatic rings. The lowest BCUT2D eigenvalue weighted by Crippen LogP contribution is -2.51. The van der Waals surface area contributed by atoms with E-state index in [2.05, 4.69) is 0 Å². The summed E-state index contributed by atoms with van der Waals surface area (Å²) in [5.41, 5.74) is 12.9. The number of nitrogens with zero attached hydrogens (tertiary/aromatic N) is 2. The number of rotatable bonds is 2. The molecule has 2 aromatic heterocycles. The Bertz CT molecular complexity index is 424. The lowest BCUT2D eigenvalue weighted by atomic mass is 10.4. The summed E-state index contributed by atoms with van der Waals surface area (Å²) in [7, 11) is 0. The second kappa shape index (κ2) is 3.96. The van der Waals surface area contributed by atoms with E-state index in [4.69, 9.17) is 11.5 Å². The molecule has 0 aliphatic rings. The summed E-state index contributed by atoms with van der Waals surface area (Å²) in [6.07, 6.45) is 7.70. The average molecular weight is 202 g/mol. The zero-order valence-electron chi connectivity index (χ0n) is 8.38. The van der Waals surface area contributed by atoms with Gasteiger partial charge in [-0.25, -0.2) is 0 Å². The van der Waals surface area contributed by atoms with Crippen molar-refractivity contribution in [3.8, 4) is 0 Å². The highest BCUT2D eigenvalue weighted by Crippen LogP contribution is 1.94. The van der Waals surface area contributed by atoms with Crippen LogP contribution in [-0.4, -0.2) is 0 Å². The van der Waals surface area contributed by atoms with Gasteiger partial charge in [0.05, 0.1) is 11.4 Å². The predicted octanol–water partition coefficient (Wildman–Crippen LogP) is -0.0682. The molecule has 4 heteroatoms. The fraction of sp³-hybridized carbons (Fsp3) is 0.0909. The van der Waals surface area contributed by atoms with E-state index < -0.39 is 0 Å². The van der Waals surface area contributed by atoms with Gasteiger partial charge in [-0.3, -0.25) is 0 Å². The van der Waals surface area contributed by atoms with Crippen molar-refractivity contribution in [2.24, 2.45) is 0 Å². The van der Waals surface area contributed by atoms with Crippen molar-refractivity contribution in [3.63, 3.8) is 0 Å². The molecule has 2 rings (SSSR count). The first-order valence-corrected chi connectivity index (χ1v) is 4.73. The molecule has 76 valence electrons. The number of hydrogen-bond donors (Lipinski definition) is 2. The molecule has 0 aliphatic carbocycles. The van der Waals surface area contributed by atoms with E-state index in [1.807, 2.05) is 58.2 Å². The molecule has 0 spiro atoms. The van der Waals surface area contributed by atoms with Crippen molar-refractivity contribution in [2.75, 3.05) is 11.5 Å². The third-order valence-electron chi connectivity index (χ3n) is 2.09. The van der Waals surface area contributed by atoms with Crippen LogP contribution in [0.15, 0.2) is 49.1 Å². The van der Waals surface area contributed by atoms with Gasteiger partial charge in [-0.2, -0.15) is 0 Å². The van der Waals surface area contributed by atoms with Crippen LogP contribution >= 0.6 is 0 Å². The maximum atomic E-state index is 5.69. The number of pyridine rings is 2. The van der Waals surface area contributed by atoms with Crippen LogP contribution < -0.4 is 20.6 Å². The molecule has 4 N–H and O–H groups in total. The highest BCUT2D eigenvalue weighted by molar-refractivity contribution is 5.31. The molecule has 0 fully saturated rings. The number of aromatic nitrogens is 2. The van der Waals surface area contributed by atoms with Crippen molar-refractivity contribution in [3.05, 3.63) is 49.1 Å². The largest absolute Gasteiger partial charge is 0.394 e. The fourth-order valence-electron chi connectivity index (χ4n) is 1.45. The topological polar surface area (TPSA) is 59.8 Å². The van der Waals surface area contributed by atoms with Gasteiger partial charge >= 0.3 is 6.67 Å². The van der Waals surface area contributed by atoms with Gasteiger partial charge in [0, 0.05) is 12.1 Å². The Morgan fingerprint density at radius 3 is 1.73 bits per heavy atom. The minimum Gasteiger partial charge on any atom is -0.394 e. The Kier molecular flexibility index (Phi) is 2.49. The maximum absolute atomic E-state index is 5.69. The van der Waals surface area contributed by atoms with Gasteiger partial charge in [-0.15, -0.1) is 9.13 Å². The number of anilines is 2. The molecule has 0 saturated heterocycles. The quantitative estimate of drug-likeness (QED) is 0.670. The summed E-state index contributed by atoms with van der Waals surface area (Å²) >= 11 is 0. The predicted molar refractivity (Wildman–Crippen MR) is 57.5 cm³/mol. The third-order valence-corrected chi connectivity index (χ3v) is 2.09. The van der Waals surface area contributed by atoms with Crippen LogP contribution in [-0.2, 0) is 6.67 Å². The van der Waals surface area contributed by atoms with Crippen LogP contribution in [0.4, 0.5) is 11.4 Å². The Morgan fingerprint density at radius 2 is 1.33 bits per heavy atom. The molecular formula is C11H14N4+2. The van der Waals surface area contributed by atoms with Crippen molar-refractivity contribution >= 4 is 11.4 Å². The lowest BCUT2D eigenvalue weighted by Gasteiger charge is -1.95. The van der Waals surface area contributed by atoms with Crippen LogP contribution in [0, 0.1) is 0 Å². The molecule has 0 unspecified atom stereocenters. The van der Waals surface area contributed by atoms with Gasteiger partial charge in [-0.1, -0.05) is 0 Å². The normalized spacial score (nSPS) is 10.1. The fourth-order valence-corrected chi connectivity index (χ4v) is 1.45. The summed E-state index contributed by atoms with van der Waals surface area (Å²) in [6, 6.07) is 7.56. The van der Waals surface area contributed by atoms with Gasteiger partial charge in [0.2, 0.25) is 0 Å². The van der Waals surface area contributed by atoms with E-state index in [0.717, 1.165) is 11.4 Å². The molecule has 2 heterocycles. The zero-order valence-corrected chi connectivity index (χ0v) is 8.38. The minimum absolute atomic E-state index is 0.704. The van der Waals surface area contributed by atoms with Crippen LogP contribution in [0.25, 0.3) is 0 Å². The smallest absolute Gasteiger partial charge is 0.343 e. The molecule has 0 amide bonds. The monoisotopic (exact) mass is 202 g/mol. The van der Waals surface area contributed by atoms with Gasteiger partial charge in [-0.05, 0) is 12.1 Å². The van der Waals surface area contributed by atoms with Crippen LogP contribution in [0.5, 0.6) is 0 Å². The Balaban J connectivity index is 2.22. The van der Waals surface area contributed by atoms with E-state index in [1.165, 1.54) is 0 Å². The second-order valence-electron chi connectivity index (χ2n) is 3.44. The van der Waals surface area contributed by atoms with Gasteiger partial charge in [0.1, 0.15) is 0 Å². The summed E-state index contributed by atoms with van der Waals surface area (Å²) in [6.45, 7) is 0.704. The van der Waals surface area contributed by atoms with Crippen molar-refractivity contribution in [2.45, 2.75) is 6.67 Å². The first-order valence-electron chi connectivity index (χ1n) is 4.73. The Morgan fingerprint density at radius 1 is 0.867 bits per heavy atom. The molecular weight excluding hydrogens is 188 g/mol. The first-order chi connectivity index (χ1) is 7.24. The highest BCUT2D eigenvalue weighted by atomic mass is 15.1. The molecule has 0 atom stereocenters. The zero-order chi connectivity index (χ0) is 10.7. The van der Waals surface area contributed by atoms with E-state index in [-0.39, 0.29) is 0 Å². The molecule has 0 bridgehead atoms. The SMILES string of the molecule is Nc1ccc[n+](C[n+]2cccc(N)c2)c1. The van der Waals surface area contributed by atoms with E-state index in [1.54, 1.807) is 0 Å².